The summed E-state index contributed by atoms with van der Waals surface area (Å²) in [4.78, 5) is 11.9. The van der Waals surface area contributed by atoms with Crippen molar-refractivity contribution in [2.75, 3.05) is 0 Å². The van der Waals surface area contributed by atoms with Crippen LogP contribution in [0.3, 0.4) is 0 Å². The minimum Gasteiger partial charge on any atom is -0.392 e. The van der Waals surface area contributed by atoms with E-state index in [4.69, 9.17) is 5.73 Å². The van der Waals surface area contributed by atoms with Crippen LogP contribution in [0.15, 0.2) is 0 Å². The molecule has 0 saturated heterocycles. The Kier molecular flexibility index (Phi) is 27.6. The van der Waals surface area contributed by atoms with Crippen LogP contribution >= 0.6 is 0 Å². The molecule has 0 aliphatic heterocycles. The number of aliphatic hydroxyl groups excluding tert-OH is 1. The number of rotatable bonds is 29. The van der Waals surface area contributed by atoms with Crippen molar-refractivity contribution in [3.05, 3.63) is 0 Å². The highest BCUT2D eigenvalue weighted by atomic mass is 16.3. The largest absolute Gasteiger partial charge is 0.392 e. The van der Waals surface area contributed by atoms with E-state index in [2.05, 4.69) is 13.8 Å². The molecule has 0 radical (unpaired) electrons. The molecule has 3 heteroatoms. The molecule has 35 heavy (non-hydrogen) atoms. The summed E-state index contributed by atoms with van der Waals surface area (Å²) in [6.07, 6.45) is 33.9. The molecular weight excluding hydrogens is 430 g/mol. The van der Waals surface area contributed by atoms with Gasteiger partial charge in [0.2, 0.25) is 5.91 Å². The summed E-state index contributed by atoms with van der Waals surface area (Å²) >= 11 is 0. The van der Waals surface area contributed by atoms with E-state index in [1.807, 2.05) is 0 Å². The highest BCUT2D eigenvalue weighted by molar-refractivity contribution is 5.77. The Balaban J connectivity index is 3.56. The summed E-state index contributed by atoms with van der Waals surface area (Å²) < 4.78 is 0. The van der Waals surface area contributed by atoms with E-state index >= 15 is 0 Å². The SMILES string of the molecule is CCCCCCCCCCCCCCCC(O)C(CCCCCCCCCCCCCC)C(N)=O. The van der Waals surface area contributed by atoms with E-state index in [9.17, 15) is 9.90 Å². The van der Waals surface area contributed by atoms with Crippen LogP contribution in [0.2, 0.25) is 0 Å². The second kappa shape index (κ2) is 28.0. The summed E-state index contributed by atoms with van der Waals surface area (Å²) in [5, 5.41) is 10.5. The molecule has 210 valence electrons. The Morgan fingerprint density at radius 3 is 1.03 bits per heavy atom. The molecule has 3 N–H and O–H groups in total. The van der Waals surface area contributed by atoms with Gasteiger partial charge in [-0.1, -0.05) is 174 Å². The lowest BCUT2D eigenvalue weighted by molar-refractivity contribution is -0.125. The fourth-order valence-electron chi connectivity index (χ4n) is 5.30. The molecule has 1 amide bonds. The normalized spacial score (nSPS) is 13.2. The predicted octanol–water partition coefficient (Wildman–Crippen LogP) is 10.0. The maximum Gasteiger partial charge on any atom is 0.223 e. The first-order valence-corrected chi connectivity index (χ1v) is 16.1. The van der Waals surface area contributed by atoms with Crippen molar-refractivity contribution in [1.29, 1.82) is 0 Å². The standard InChI is InChI=1S/C32H65NO2/c1-3-5-7-9-11-13-15-17-19-21-23-25-27-29-31(34)30(32(33)35)28-26-24-22-20-18-16-14-12-10-8-6-4-2/h30-31,34H,3-29H2,1-2H3,(H2,33,35). The average molecular weight is 496 g/mol. The summed E-state index contributed by atoms with van der Waals surface area (Å²) in [6.45, 7) is 4.55. The van der Waals surface area contributed by atoms with Gasteiger partial charge in [0.15, 0.2) is 0 Å². The smallest absolute Gasteiger partial charge is 0.223 e. The molecule has 0 fully saturated rings. The lowest BCUT2D eigenvalue weighted by atomic mass is 9.91. The highest BCUT2D eigenvalue weighted by Gasteiger charge is 2.23. The van der Waals surface area contributed by atoms with Crippen LogP contribution in [0, 0.1) is 5.92 Å². The number of nitrogens with two attached hydrogens (primary N) is 1. The number of carbonyl (C=O) groups is 1. The number of carbonyl (C=O) groups excluding carboxylic acids is 1. The first-order chi connectivity index (χ1) is 17.1. The third-order valence-electron chi connectivity index (χ3n) is 7.80. The van der Waals surface area contributed by atoms with Crippen molar-refractivity contribution in [2.24, 2.45) is 11.7 Å². The van der Waals surface area contributed by atoms with Gasteiger partial charge in [0.05, 0.1) is 12.0 Å². The van der Waals surface area contributed by atoms with E-state index in [0.29, 0.717) is 0 Å². The molecule has 0 aliphatic rings. The second-order valence-corrected chi connectivity index (χ2v) is 11.3. The van der Waals surface area contributed by atoms with Crippen molar-refractivity contribution in [3.8, 4) is 0 Å². The van der Waals surface area contributed by atoms with Crippen molar-refractivity contribution >= 4 is 5.91 Å². The Morgan fingerprint density at radius 1 is 0.486 bits per heavy atom. The first kappa shape index (κ1) is 34.4. The third kappa shape index (κ3) is 24.9. The molecule has 0 aromatic heterocycles. The number of hydrogen-bond donors (Lipinski definition) is 2. The van der Waals surface area contributed by atoms with Crippen LogP contribution in [0.25, 0.3) is 0 Å². The molecule has 0 bridgehead atoms. The summed E-state index contributed by atoms with van der Waals surface area (Å²) in [7, 11) is 0. The quantitative estimate of drug-likeness (QED) is 0.101. The van der Waals surface area contributed by atoms with Gasteiger partial charge >= 0.3 is 0 Å². The van der Waals surface area contributed by atoms with E-state index in [0.717, 1.165) is 38.5 Å². The van der Waals surface area contributed by atoms with Crippen LogP contribution in [-0.4, -0.2) is 17.1 Å². The van der Waals surface area contributed by atoms with Crippen LogP contribution < -0.4 is 5.73 Å². The molecule has 0 saturated carbocycles. The number of unbranched alkanes of at least 4 members (excludes halogenated alkanes) is 23. The van der Waals surface area contributed by atoms with Crippen LogP contribution in [0.1, 0.15) is 187 Å². The van der Waals surface area contributed by atoms with Gasteiger partial charge in [-0.3, -0.25) is 4.79 Å². The number of hydrogen-bond acceptors (Lipinski definition) is 2. The van der Waals surface area contributed by atoms with Gasteiger partial charge in [0.25, 0.3) is 0 Å². The molecule has 0 aromatic rings. The number of aliphatic hydroxyl groups is 1. The minimum absolute atomic E-state index is 0.310. The van der Waals surface area contributed by atoms with Gasteiger partial charge in [-0.25, -0.2) is 0 Å². The molecule has 2 unspecified atom stereocenters. The lowest BCUT2D eigenvalue weighted by Gasteiger charge is -2.20. The molecule has 3 nitrogen and oxygen atoms in total. The van der Waals surface area contributed by atoms with Gasteiger partial charge in [-0.2, -0.15) is 0 Å². The van der Waals surface area contributed by atoms with Gasteiger partial charge in [-0.15, -0.1) is 0 Å². The summed E-state index contributed by atoms with van der Waals surface area (Å²) in [6, 6.07) is 0. The molecule has 0 spiro atoms. The number of amides is 1. The Morgan fingerprint density at radius 2 is 0.743 bits per heavy atom. The van der Waals surface area contributed by atoms with Gasteiger partial charge < -0.3 is 10.8 Å². The average Bonchev–Trinajstić information content (AvgIpc) is 2.84. The Labute approximate surface area is 220 Å². The van der Waals surface area contributed by atoms with E-state index < -0.39 is 6.10 Å². The predicted molar refractivity (Wildman–Crippen MR) is 155 cm³/mol. The van der Waals surface area contributed by atoms with Crippen LogP contribution in [0.4, 0.5) is 0 Å². The maximum absolute atomic E-state index is 11.9. The van der Waals surface area contributed by atoms with Crippen LogP contribution in [-0.2, 0) is 4.79 Å². The van der Waals surface area contributed by atoms with E-state index in [1.165, 1.54) is 135 Å². The molecule has 0 heterocycles. The first-order valence-electron chi connectivity index (χ1n) is 16.1. The lowest BCUT2D eigenvalue weighted by Crippen LogP contribution is -2.33. The molecule has 0 rings (SSSR count). The van der Waals surface area contributed by atoms with E-state index in [1.54, 1.807) is 0 Å². The molecule has 0 aliphatic carbocycles. The fourth-order valence-corrected chi connectivity index (χ4v) is 5.30. The molecular formula is C32H65NO2. The Hall–Kier alpha value is -0.570. The zero-order valence-electron chi connectivity index (χ0n) is 24.2. The van der Waals surface area contributed by atoms with Gasteiger partial charge in [0, 0.05) is 0 Å². The third-order valence-corrected chi connectivity index (χ3v) is 7.80. The van der Waals surface area contributed by atoms with Crippen molar-refractivity contribution in [3.63, 3.8) is 0 Å². The van der Waals surface area contributed by atoms with Gasteiger partial charge in [0.1, 0.15) is 0 Å². The second-order valence-electron chi connectivity index (χ2n) is 11.3. The zero-order chi connectivity index (χ0) is 25.8. The summed E-state index contributed by atoms with van der Waals surface area (Å²) in [5.74, 6) is -0.661. The molecule has 0 aromatic carbocycles. The fraction of sp³-hybridized carbons (Fsp3) is 0.969. The van der Waals surface area contributed by atoms with Crippen molar-refractivity contribution < 1.29 is 9.90 Å². The maximum atomic E-state index is 11.9. The van der Waals surface area contributed by atoms with Gasteiger partial charge in [-0.05, 0) is 12.8 Å². The topological polar surface area (TPSA) is 63.3 Å². The monoisotopic (exact) mass is 496 g/mol. The van der Waals surface area contributed by atoms with E-state index in [-0.39, 0.29) is 11.8 Å². The van der Waals surface area contributed by atoms with Crippen molar-refractivity contribution in [1.82, 2.24) is 0 Å². The van der Waals surface area contributed by atoms with Crippen LogP contribution in [0.5, 0.6) is 0 Å². The highest BCUT2D eigenvalue weighted by Crippen LogP contribution is 2.20. The Bertz CT molecular complexity index is 426. The molecule has 2 atom stereocenters. The van der Waals surface area contributed by atoms with Crippen molar-refractivity contribution in [2.45, 2.75) is 193 Å². The number of primary amides is 1. The summed E-state index contributed by atoms with van der Waals surface area (Å²) in [5.41, 5.74) is 5.62. The minimum atomic E-state index is -0.548. The zero-order valence-corrected chi connectivity index (χ0v) is 24.2.